The van der Waals surface area contributed by atoms with Gasteiger partial charge in [-0.2, -0.15) is 0 Å². The molecular weight excluding hydrogens is 655 g/mol. The van der Waals surface area contributed by atoms with Gasteiger partial charge in [0.2, 0.25) is 0 Å². The second-order valence-electron chi connectivity index (χ2n) is 16.7. The van der Waals surface area contributed by atoms with Crippen LogP contribution in [0, 0.1) is 0 Å². The van der Waals surface area contributed by atoms with Gasteiger partial charge >= 0.3 is 0 Å². The Hall–Kier alpha value is -6.06. The molecule has 7 aromatic carbocycles. The Kier molecular flexibility index (Phi) is 6.92. The molecule has 0 saturated carbocycles. The number of hydrogen-bond donors (Lipinski definition) is 0. The average molecular weight is 700 g/mol. The Morgan fingerprint density at radius 2 is 0.537 bits per heavy atom. The van der Waals surface area contributed by atoms with E-state index in [0.29, 0.717) is 0 Å². The van der Waals surface area contributed by atoms with Crippen LogP contribution in [-0.2, 0) is 16.2 Å². The monoisotopic (exact) mass is 699 g/mol. The summed E-state index contributed by atoms with van der Waals surface area (Å²) < 4.78 is 0. The number of hydrogen-bond acceptors (Lipinski definition) is 3. The first-order valence-electron chi connectivity index (χ1n) is 19.2. The maximum Gasteiger partial charge on any atom is 0.0504 e. The van der Waals surface area contributed by atoms with E-state index in [1.165, 1.54) is 78.9 Å². The number of nitrogens with zero attached hydrogens (tertiary/aromatic N) is 3. The van der Waals surface area contributed by atoms with Crippen molar-refractivity contribution in [2.75, 3.05) is 14.7 Å². The van der Waals surface area contributed by atoms with Gasteiger partial charge in [0, 0.05) is 33.3 Å². The molecule has 3 aliphatic heterocycles. The van der Waals surface area contributed by atoms with Crippen molar-refractivity contribution >= 4 is 51.2 Å². The fraction of sp³-hybridized carbons (Fsp3) is 0.176. The van der Waals surface area contributed by atoms with Crippen LogP contribution < -0.4 is 14.7 Å². The summed E-state index contributed by atoms with van der Waals surface area (Å²) in [6, 6.07) is 60.8. The Labute approximate surface area is 319 Å². The van der Waals surface area contributed by atoms with Gasteiger partial charge < -0.3 is 14.7 Å². The van der Waals surface area contributed by atoms with E-state index in [-0.39, 0.29) is 16.2 Å². The SMILES string of the molecule is CC1(C)c2ccccc2N(c2ccc3c(c2)C(C)(C)c2cc(N4c5ccccc5C(C)(C)c5ccccc54)ccc2N3c2ccccc2)c2ccccc21. The van der Waals surface area contributed by atoms with Crippen LogP contribution >= 0.6 is 0 Å². The highest BCUT2D eigenvalue weighted by molar-refractivity contribution is 5.93. The summed E-state index contributed by atoms with van der Waals surface area (Å²) in [6.07, 6.45) is 0. The van der Waals surface area contributed by atoms with Crippen molar-refractivity contribution < 1.29 is 0 Å². The summed E-state index contributed by atoms with van der Waals surface area (Å²) in [6.45, 7) is 14.2. The lowest BCUT2D eigenvalue weighted by molar-refractivity contribution is 0.626. The van der Waals surface area contributed by atoms with E-state index in [9.17, 15) is 0 Å². The highest BCUT2D eigenvalue weighted by atomic mass is 15.2. The van der Waals surface area contributed by atoms with Crippen LogP contribution in [-0.4, -0.2) is 0 Å². The number of fused-ring (bicyclic) bond motifs is 6. The zero-order valence-electron chi connectivity index (χ0n) is 31.9. The predicted octanol–water partition coefficient (Wildman–Crippen LogP) is 14.0. The number of benzene rings is 7. The summed E-state index contributed by atoms with van der Waals surface area (Å²) in [5.74, 6) is 0. The van der Waals surface area contributed by atoms with Crippen LogP contribution in [0.15, 0.2) is 164 Å². The van der Waals surface area contributed by atoms with Crippen molar-refractivity contribution in [3.05, 3.63) is 197 Å². The van der Waals surface area contributed by atoms with E-state index in [0.717, 1.165) is 5.69 Å². The Morgan fingerprint density at radius 3 is 0.907 bits per heavy atom. The molecule has 0 bridgehead atoms. The standard InChI is InChI=1S/C51H45N3/c1-49(2)37-20-10-14-24-43(37)53(44-25-15-11-21-38(44)49)35-28-30-47-41(32-35)51(5,6)42-33-36(29-31-48(42)52(47)34-18-8-7-9-19-34)54-45-26-16-12-22-39(45)50(3,4)40-23-13-17-27-46(40)54/h7-33H,1-6H3. The van der Waals surface area contributed by atoms with E-state index in [4.69, 9.17) is 0 Å². The smallest absolute Gasteiger partial charge is 0.0504 e. The Bertz CT molecular complexity index is 2350. The molecule has 3 nitrogen and oxygen atoms in total. The van der Waals surface area contributed by atoms with E-state index in [1.54, 1.807) is 0 Å². The third-order valence-electron chi connectivity index (χ3n) is 12.6. The van der Waals surface area contributed by atoms with E-state index < -0.39 is 0 Å². The fourth-order valence-electron chi connectivity index (χ4n) is 9.74. The third kappa shape index (κ3) is 4.48. The predicted molar refractivity (Wildman–Crippen MR) is 227 cm³/mol. The van der Waals surface area contributed by atoms with Gasteiger partial charge in [0.15, 0.2) is 0 Å². The van der Waals surface area contributed by atoms with Crippen molar-refractivity contribution in [2.45, 2.75) is 57.8 Å². The molecule has 0 radical (unpaired) electrons. The van der Waals surface area contributed by atoms with Gasteiger partial charge in [-0.3, -0.25) is 0 Å². The van der Waals surface area contributed by atoms with Crippen LogP contribution in [0.1, 0.15) is 74.9 Å². The molecule has 0 amide bonds. The minimum Gasteiger partial charge on any atom is -0.310 e. The second-order valence-corrected chi connectivity index (χ2v) is 16.7. The van der Waals surface area contributed by atoms with Crippen molar-refractivity contribution in [2.24, 2.45) is 0 Å². The average Bonchev–Trinajstić information content (AvgIpc) is 3.19. The van der Waals surface area contributed by atoms with Gasteiger partial charge in [-0.1, -0.05) is 133 Å². The van der Waals surface area contributed by atoms with Crippen LogP contribution in [0.3, 0.4) is 0 Å². The van der Waals surface area contributed by atoms with E-state index in [1.807, 2.05) is 0 Å². The van der Waals surface area contributed by atoms with Gasteiger partial charge in [-0.15, -0.1) is 0 Å². The van der Waals surface area contributed by atoms with Gasteiger partial charge in [0.05, 0.1) is 34.1 Å². The number of para-hydroxylation sites is 5. The molecule has 0 atom stereocenters. The lowest BCUT2D eigenvalue weighted by atomic mass is 9.72. The van der Waals surface area contributed by atoms with Gasteiger partial charge in [0.25, 0.3) is 0 Å². The largest absolute Gasteiger partial charge is 0.310 e. The summed E-state index contributed by atoms with van der Waals surface area (Å²) in [5.41, 5.74) is 18.3. The zero-order valence-corrected chi connectivity index (χ0v) is 31.9. The summed E-state index contributed by atoms with van der Waals surface area (Å²) >= 11 is 0. The number of anilines is 9. The molecule has 264 valence electrons. The first-order chi connectivity index (χ1) is 26.1. The topological polar surface area (TPSA) is 9.72 Å². The lowest BCUT2D eigenvalue weighted by Crippen LogP contribution is -2.33. The van der Waals surface area contributed by atoms with Crippen molar-refractivity contribution in [3.63, 3.8) is 0 Å². The molecule has 54 heavy (non-hydrogen) atoms. The molecule has 0 saturated heterocycles. The molecule has 7 aromatic rings. The van der Waals surface area contributed by atoms with Crippen molar-refractivity contribution in [1.82, 2.24) is 0 Å². The van der Waals surface area contributed by atoms with Crippen LogP contribution in [0.25, 0.3) is 0 Å². The summed E-state index contributed by atoms with van der Waals surface area (Å²) in [5, 5.41) is 0. The third-order valence-corrected chi connectivity index (χ3v) is 12.6. The molecular formula is C51H45N3. The minimum atomic E-state index is -0.315. The molecule has 0 unspecified atom stereocenters. The second kappa shape index (κ2) is 11.5. The van der Waals surface area contributed by atoms with Crippen molar-refractivity contribution in [1.29, 1.82) is 0 Å². The minimum absolute atomic E-state index is 0.114. The van der Waals surface area contributed by atoms with E-state index >= 15 is 0 Å². The Balaban J connectivity index is 1.19. The molecule has 0 N–H and O–H groups in total. The first-order valence-corrected chi connectivity index (χ1v) is 19.2. The normalized spacial score (nSPS) is 16.7. The number of rotatable bonds is 3. The van der Waals surface area contributed by atoms with Crippen LogP contribution in [0.5, 0.6) is 0 Å². The summed E-state index contributed by atoms with van der Waals surface area (Å²) in [7, 11) is 0. The fourth-order valence-corrected chi connectivity index (χ4v) is 9.74. The van der Waals surface area contributed by atoms with E-state index in [2.05, 4.69) is 220 Å². The molecule has 3 aliphatic rings. The molecule has 0 aliphatic carbocycles. The Morgan fingerprint density at radius 1 is 0.259 bits per heavy atom. The quantitative estimate of drug-likeness (QED) is 0.182. The van der Waals surface area contributed by atoms with Gasteiger partial charge in [-0.05, 0) is 106 Å². The van der Waals surface area contributed by atoms with Gasteiger partial charge in [0.1, 0.15) is 0 Å². The molecule has 0 spiro atoms. The maximum absolute atomic E-state index is 2.48. The summed E-state index contributed by atoms with van der Waals surface area (Å²) in [4.78, 5) is 7.43. The van der Waals surface area contributed by atoms with Crippen LogP contribution in [0.2, 0.25) is 0 Å². The molecule has 3 heteroatoms. The molecule has 0 aromatic heterocycles. The van der Waals surface area contributed by atoms with Crippen molar-refractivity contribution in [3.8, 4) is 0 Å². The zero-order chi connectivity index (χ0) is 37.0. The lowest BCUT2D eigenvalue weighted by Gasteiger charge is -2.45. The molecule has 3 heterocycles. The highest BCUT2D eigenvalue weighted by Gasteiger charge is 2.42. The highest BCUT2D eigenvalue weighted by Crippen LogP contribution is 2.58. The van der Waals surface area contributed by atoms with Crippen LogP contribution in [0.4, 0.5) is 51.2 Å². The molecule has 0 fully saturated rings. The maximum atomic E-state index is 2.48. The first kappa shape index (κ1) is 32.6. The van der Waals surface area contributed by atoms with Gasteiger partial charge in [-0.25, -0.2) is 0 Å². The molecule has 10 rings (SSSR count).